The average Bonchev–Trinajstić information content (AvgIpc) is 2.86. The van der Waals surface area contributed by atoms with E-state index in [0.717, 1.165) is 12.8 Å². The first-order valence-electron chi connectivity index (χ1n) is 6.19. The van der Waals surface area contributed by atoms with Gasteiger partial charge in [0.25, 0.3) is 0 Å². The van der Waals surface area contributed by atoms with Crippen molar-refractivity contribution in [1.82, 2.24) is 4.90 Å². The number of ether oxygens (including phenoxy) is 1. The van der Waals surface area contributed by atoms with Gasteiger partial charge in [-0.25, -0.2) is 4.90 Å². The molecule has 3 fully saturated rings. The summed E-state index contributed by atoms with van der Waals surface area (Å²) in [6, 6.07) is 0. The fourth-order valence-corrected chi connectivity index (χ4v) is 3.34. The number of nitrogens with zero attached hydrogens (tertiary/aromatic N) is 2. The van der Waals surface area contributed by atoms with Gasteiger partial charge < -0.3 is 26.2 Å². The number of halogens is 1. The summed E-state index contributed by atoms with van der Waals surface area (Å²) in [6.45, 7) is 0.462. The van der Waals surface area contributed by atoms with Crippen LogP contribution in [0.15, 0.2) is 0 Å². The molecule has 4 atom stereocenters. The number of quaternary nitrogens is 1. The molecule has 0 aromatic rings. The van der Waals surface area contributed by atoms with Crippen molar-refractivity contribution < 1.29 is 35.8 Å². The van der Waals surface area contributed by atoms with Crippen LogP contribution < -0.4 is 17.0 Å². The molecule has 0 N–H and O–H groups in total. The van der Waals surface area contributed by atoms with Gasteiger partial charge in [0.05, 0.1) is 45.2 Å². The van der Waals surface area contributed by atoms with E-state index in [0.29, 0.717) is 11.2 Å². The zero-order valence-electron chi connectivity index (χ0n) is 10.9. The van der Waals surface area contributed by atoms with Crippen molar-refractivity contribution in [3.05, 3.63) is 0 Å². The summed E-state index contributed by atoms with van der Waals surface area (Å²) in [5, 5.41) is 0. The number of fused-ring (bicyclic) bond motifs is 5. The molecule has 2 amide bonds. The van der Waals surface area contributed by atoms with E-state index < -0.39 is 0 Å². The van der Waals surface area contributed by atoms with Gasteiger partial charge in [0.1, 0.15) is 0 Å². The molecule has 18 heavy (non-hydrogen) atoms. The molecule has 4 unspecified atom stereocenters. The minimum Gasteiger partial charge on any atom is -1.00 e. The fraction of sp³-hybridized carbons (Fsp3) is 0.833. The fourth-order valence-electron chi connectivity index (χ4n) is 3.34. The van der Waals surface area contributed by atoms with E-state index >= 15 is 0 Å². The largest absolute Gasteiger partial charge is 1.00 e. The van der Waals surface area contributed by atoms with Gasteiger partial charge in [-0.3, -0.25) is 9.59 Å². The summed E-state index contributed by atoms with van der Waals surface area (Å²) in [4.78, 5) is 26.0. The molecular formula is C12H19BrN2O3. The number of likely N-dealkylation sites (tertiary alicyclic amines) is 1. The maximum Gasteiger partial charge on any atom is 0.240 e. The van der Waals surface area contributed by atoms with E-state index in [1.54, 1.807) is 0 Å². The normalized spacial score (nSPS) is 38.1. The van der Waals surface area contributed by atoms with Crippen molar-refractivity contribution in [2.45, 2.75) is 25.0 Å². The maximum atomic E-state index is 12.3. The molecule has 3 heterocycles. The first-order valence-corrected chi connectivity index (χ1v) is 6.19. The number of imide groups is 1. The van der Waals surface area contributed by atoms with Gasteiger partial charge in [0, 0.05) is 0 Å². The lowest BCUT2D eigenvalue weighted by Gasteiger charge is -2.29. The highest BCUT2D eigenvalue weighted by atomic mass is 79.9. The second-order valence-corrected chi connectivity index (χ2v) is 6.38. The average molecular weight is 319 g/mol. The van der Waals surface area contributed by atoms with Crippen LogP contribution >= 0.6 is 0 Å². The van der Waals surface area contributed by atoms with Crippen molar-refractivity contribution >= 4 is 11.8 Å². The number of hydrogen-bond acceptors (Lipinski definition) is 3. The Morgan fingerprint density at radius 3 is 1.94 bits per heavy atom. The maximum absolute atomic E-state index is 12.3. The van der Waals surface area contributed by atoms with Crippen molar-refractivity contribution in [3.63, 3.8) is 0 Å². The minimum atomic E-state index is -0.187. The van der Waals surface area contributed by atoms with Gasteiger partial charge in [-0.15, -0.1) is 0 Å². The van der Waals surface area contributed by atoms with E-state index in [2.05, 4.69) is 0 Å². The molecule has 0 aromatic carbocycles. The molecule has 0 aromatic heterocycles. The summed E-state index contributed by atoms with van der Waals surface area (Å²) in [6.07, 6.45) is 1.87. The van der Waals surface area contributed by atoms with Crippen molar-refractivity contribution in [3.8, 4) is 0 Å². The number of carbonyl (C=O) groups excluding carboxylic acids is 2. The Labute approximate surface area is 117 Å². The molecule has 3 aliphatic rings. The predicted molar refractivity (Wildman–Crippen MR) is 59.6 cm³/mol. The molecule has 3 saturated heterocycles. The Balaban J connectivity index is 0.00000120. The second kappa shape index (κ2) is 4.28. The Kier molecular flexibility index (Phi) is 3.32. The summed E-state index contributed by atoms with van der Waals surface area (Å²) in [7, 11) is 5.96. The van der Waals surface area contributed by atoms with Crippen molar-refractivity contribution in [2.75, 3.05) is 27.8 Å². The van der Waals surface area contributed by atoms with Gasteiger partial charge in [-0.2, -0.15) is 0 Å². The highest BCUT2D eigenvalue weighted by molar-refractivity contribution is 6.06. The quantitative estimate of drug-likeness (QED) is 0.398. The molecule has 2 bridgehead atoms. The van der Waals surface area contributed by atoms with E-state index in [9.17, 15) is 9.59 Å². The molecule has 0 radical (unpaired) electrons. The highest BCUT2D eigenvalue weighted by Gasteiger charge is 2.62. The molecule has 6 heteroatoms. The number of amides is 2. The van der Waals surface area contributed by atoms with Gasteiger partial charge >= 0.3 is 0 Å². The predicted octanol–water partition coefficient (Wildman–Crippen LogP) is -3.18. The summed E-state index contributed by atoms with van der Waals surface area (Å²) >= 11 is 0. The molecule has 3 aliphatic heterocycles. The summed E-state index contributed by atoms with van der Waals surface area (Å²) < 4.78 is 6.28. The lowest BCUT2D eigenvalue weighted by Crippen LogP contribution is -3.00. The summed E-state index contributed by atoms with van der Waals surface area (Å²) in [5.74, 6) is -0.402. The number of carbonyl (C=O) groups is 2. The third kappa shape index (κ3) is 1.90. The smallest absolute Gasteiger partial charge is 0.240 e. The molecular weight excluding hydrogens is 300 g/mol. The molecule has 0 spiro atoms. The second-order valence-electron chi connectivity index (χ2n) is 6.38. The topological polar surface area (TPSA) is 46.6 Å². The van der Waals surface area contributed by atoms with E-state index in [1.165, 1.54) is 4.90 Å². The number of hydrogen-bond donors (Lipinski definition) is 0. The summed E-state index contributed by atoms with van der Waals surface area (Å²) in [5.41, 5.74) is 0. The van der Waals surface area contributed by atoms with Gasteiger partial charge in [-0.05, 0) is 12.8 Å². The van der Waals surface area contributed by atoms with Gasteiger partial charge in [0.15, 0.2) is 6.67 Å². The van der Waals surface area contributed by atoms with E-state index in [-0.39, 0.29) is 52.8 Å². The zero-order valence-corrected chi connectivity index (χ0v) is 12.5. The van der Waals surface area contributed by atoms with Crippen LogP contribution in [0.25, 0.3) is 0 Å². The van der Waals surface area contributed by atoms with Crippen LogP contribution in [0.2, 0.25) is 0 Å². The van der Waals surface area contributed by atoms with Crippen LogP contribution in [0.3, 0.4) is 0 Å². The molecule has 3 rings (SSSR count). The molecule has 0 aliphatic carbocycles. The van der Waals surface area contributed by atoms with Crippen LogP contribution in [0, 0.1) is 11.8 Å². The number of rotatable bonds is 2. The molecule has 5 nitrogen and oxygen atoms in total. The lowest BCUT2D eigenvalue weighted by atomic mass is 9.81. The molecule has 0 saturated carbocycles. The SMILES string of the molecule is C[N+](C)(C)CN1C(=O)C2C3CCC(O3)C2C1=O.[Br-]. The van der Waals surface area contributed by atoms with Crippen molar-refractivity contribution in [2.24, 2.45) is 11.8 Å². The zero-order chi connectivity index (χ0) is 12.4. The van der Waals surface area contributed by atoms with Crippen molar-refractivity contribution in [1.29, 1.82) is 0 Å². The third-order valence-electron chi connectivity index (χ3n) is 3.94. The van der Waals surface area contributed by atoms with Crippen LogP contribution in [0.4, 0.5) is 0 Å². The van der Waals surface area contributed by atoms with E-state index in [4.69, 9.17) is 4.74 Å². The van der Waals surface area contributed by atoms with Crippen LogP contribution in [0.5, 0.6) is 0 Å². The Morgan fingerprint density at radius 1 is 1.11 bits per heavy atom. The first-order chi connectivity index (χ1) is 7.88. The molecule has 102 valence electrons. The van der Waals surface area contributed by atoms with Crippen LogP contribution in [-0.4, -0.2) is 61.2 Å². The first kappa shape index (κ1) is 14.0. The van der Waals surface area contributed by atoms with Crippen LogP contribution in [-0.2, 0) is 14.3 Å². The standard InChI is InChI=1S/C12H19N2O3.BrH/c1-14(2,3)6-13-11(15)9-7-4-5-8(17-7)10(9)12(13)16;/h7-10H,4-6H2,1-3H3;1H/q+1;/p-1. The van der Waals surface area contributed by atoms with E-state index in [1.807, 2.05) is 21.1 Å². The lowest BCUT2D eigenvalue weighted by molar-refractivity contribution is -0.877. The van der Waals surface area contributed by atoms with Gasteiger partial charge in [0.2, 0.25) is 11.8 Å². The Hall–Kier alpha value is -0.460. The Morgan fingerprint density at radius 2 is 1.56 bits per heavy atom. The monoisotopic (exact) mass is 318 g/mol. The van der Waals surface area contributed by atoms with Crippen LogP contribution in [0.1, 0.15) is 12.8 Å². The highest BCUT2D eigenvalue weighted by Crippen LogP contribution is 2.48. The third-order valence-corrected chi connectivity index (χ3v) is 3.94. The van der Waals surface area contributed by atoms with Gasteiger partial charge in [-0.1, -0.05) is 0 Å². The Bertz CT molecular complexity index is 365. The minimum absolute atomic E-state index is 0.